The Kier molecular flexibility index (Phi) is 3.20. The van der Waals surface area contributed by atoms with Gasteiger partial charge in [-0.25, -0.2) is 0 Å². The maximum absolute atomic E-state index is 7.45. The van der Waals surface area contributed by atoms with E-state index in [0.29, 0.717) is 5.92 Å². The predicted octanol–water partition coefficient (Wildman–Crippen LogP) is 4.57. The van der Waals surface area contributed by atoms with Crippen LogP contribution in [0.25, 0.3) is 16.2 Å². The van der Waals surface area contributed by atoms with Crippen molar-refractivity contribution in [1.82, 2.24) is 0 Å². The molecule has 1 nitrogen and oxygen atoms in total. The van der Waals surface area contributed by atoms with Gasteiger partial charge in [0.2, 0.25) is 0 Å². The van der Waals surface area contributed by atoms with Gasteiger partial charge in [0.25, 0.3) is 0 Å². The third-order valence-corrected chi connectivity index (χ3v) is 3.58. The van der Waals surface area contributed by atoms with Gasteiger partial charge in [-0.1, -0.05) is 44.2 Å². The zero-order valence-corrected chi connectivity index (χ0v) is 10.3. The van der Waals surface area contributed by atoms with Crippen LogP contribution in [0.2, 0.25) is 0 Å². The van der Waals surface area contributed by atoms with Gasteiger partial charge in [0.15, 0.2) is 0 Å². The highest BCUT2D eigenvalue weighted by molar-refractivity contribution is 7.20. The second-order valence-electron chi connectivity index (χ2n) is 4.12. The van der Waals surface area contributed by atoms with E-state index in [0.717, 1.165) is 4.88 Å². The first-order valence-corrected chi connectivity index (χ1v) is 6.24. The molecule has 1 heterocycles. The average Bonchev–Trinajstić information content (AvgIpc) is 2.64. The van der Waals surface area contributed by atoms with Crippen molar-refractivity contribution in [2.24, 2.45) is 5.92 Å². The van der Waals surface area contributed by atoms with E-state index in [9.17, 15) is 0 Å². The van der Waals surface area contributed by atoms with Crippen LogP contribution >= 0.6 is 11.3 Å². The lowest BCUT2D eigenvalue weighted by Crippen LogP contribution is -1.80. The summed E-state index contributed by atoms with van der Waals surface area (Å²) in [5.74, 6) is 0.539. The summed E-state index contributed by atoms with van der Waals surface area (Å²) < 4.78 is 1.25. The first kappa shape index (κ1) is 11.1. The minimum atomic E-state index is 0.539. The SMILES string of the molecule is CC(C)C=Cc1c(C=N)sc2ccccc12. The van der Waals surface area contributed by atoms with Gasteiger partial charge >= 0.3 is 0 Å². The zero-order chi connectivity index (χ0) is 11.5. The van der Waals surface area contributed by atoms with Gasteiger partial charge < -0.3 is 5.41 Å². The summed E-state index contributed by atoms with van der Waals surface area (Å²) in [6.45, 7) is 4.32. The van der Waals surface area contributed by atoms with Crippen molar-refractivity contribution < 1.29 is 0 Å². The molecule has 0 saturated carbocycles. The smallest absolute Gasteiger partial charge is 0.0530 e. The van der Waals surface area contributed by atoms with Gasteiger partial charge in [-0.3, -0.25) is 0 Å². The van der Waals surface area contributed by atoms with Crippen LogP contribution in [0.4, 0.5) is 0 Å². The van der Waals surface area contributed by atoms with Crippen LogP contribution in [0.1, 0.15) is 24.3 Å². The minimum Gasteiger partial charge on any atom is -0.307 e. The summed E-state index contributed by atoms with van der Waals surface area (Å²) in [6, 6.07) is 8.33. The van der Waals surface area contributed by atoms with Gasteiger partial charge in [-0.15, -0.1) is 11.3 Å². The summed E-state index contributed by atoms with van der Waals surface area (Å²) in [7, 11) is 0. The van der Waals surface area contributed by atoms with E-state index in [-0.39, 0.29) is 0 Å². The van der Waals surface area contributed by atoms with Crippen LogP contribution in [0, 0.1) is 11.3 Å². The van der Waals surface area contributed by atoms with Gasteiger partial charge in [0.1, 0.15) is 0 Å². The molecule has 1 N–H and O–H groups in total. The fraction of sp³-hybridized carbons (Fsp3) is 0.214. The Morgan fingerprint density at radius 2 is 2.00 bits per heavy atom. The lowest BCUT2D eigenvalue weighted by molar-refractivity contribution is 0.836. The molecule has 0 aliphatic carbocycles. The van der Waals surface area contributed by atoms with Crippen LogP contribution < -0.4 is 0 Å². The molecule has 82 valence electrons. The number of rotatable bonds is 3. The molecule has 0 saturated heterocycles. The summed E-state index contributed by atoms with van der Waals surface area (Å²) >= 11 is 1.68. The molecule has 2 aromatic rings. The van der Waals surface area contributed by atoms with Crippen molar-refractivity contribution >= 4 is 33.7 Å². The number of fused-ring (bicyclic) bond motifs is 1. The van der Waals surface area contributed by atoms with E-state index in [1.54, 1.807) is 11.3 Å². The third kappa shape index (κ3) is 2.07. The van der Waals surface area contributed by atoms with Crippen LogP contribution in [-0.2, 0) is 0 Å². The molecule has 0 aliphatic heterocycles. The zero-order valence-electron chi connectivity index (χ0n) is 9.53. The van der Waals surface area contributed by atoms with Crippen LogP contribution in [0.3, 0.4) is 0 Å². The predicted molar refractivity (Wildman–Crippen MR) is 73.6 cm³/mol. The topological polar surface area (TPSA) is 23.9 Å². The molecule has 1 aromatic heterocycles. The molecular formula is C14H15NS. The Morgan fingerprint density at radius 1 is 1.25 bits per heavy atom. The molecule has 2 rings (SSSR count). The standard InChI is InChI=1S/C14H15NS/c1-10(2)7-8-12-11-5-3-4-6-13(11)16-14(12)9-15/h3-10,15H,1-2H3. The Hall–Kier alpha value is -1.41. The number of benzene rings is 1. The highest BCUT2D eigenvalue weighted by Crippen LogP contribution is 2.31. The highest BCUT2D eigenvalue weighted by Gasteiger charge is 2.06. The Balaban J connectivity index is 2.60. The van der Waals surface area contributed by atoms with Crippen molar-refractivity contribution in [3.8, 4) is 0 Å². The molecule has 0 spiro atoms. The normalized spacial score (nSPS) is 11.7. The summed E-state index contributed by atoms with van der Waals surface area (Å²) in [5, 5.41) is 8.71. The molecule has 2 heteroatoms. The molecule has 0 fully saturated rings. The van der Waals surface area contributed by atoms with Gasteiger partial charge in [-0.05, 0) is 12.0 Å². The van der Waals surface area contributed by atoms with Crippen LogP contribution in [0.15, 0.2) is 30.3 Å². The molecule has 0 radical (unpaired) electrons. The minimum absolute atomic E-state index is 0.539. The van der Waals surface area contributed by atoms with Crippen molar-refractivity contribution in [1.29, 1.82) is 5.41 Å². The molecule has 0 atom stereocenters. The Labute approximate surface area is 99.9 Å². The van der Waals surface area contributed by atoms with E-state index < -0.39 is 0 Å². The van der Waals surface area contributed by atoms with E-state index in [1.807, 2.05) is 6.07 Å². The fourth-order valence-corrected chi connectivity index (χ4v) is 2.67. The first-order chi connectivity index (χ1) is 7.72. The molecule has 0 unspecified atom stereocenters. The summed E-state index contributed by atoms with van der Waals surface area (Å²) in [5.41, 5.74) is 1.18. The van der Waals surface area contributed by atoms with Gasteiger partial charge in [0.05, 0.1) is 4.88 Å². The summed E-state index contributed by atoms with van der Waals surface area (Å²) in [6.07, 6.45) is 5.77. The second kappa shape index (κ2) is 4.62. The van der Waals surface area contributed by atoms with E-state index in [1.165, 1.54) is 21.9 Å². The molecule has 16 heavy (non-hydrogen) atoms. The molecule has 0 bridgehead atoms. The Morgan fingerprint density at radius 3 is 2.69 bits per heavy atom. The average molecular weight is 229 g/mol. The van der Waals surface area contributed by atoms with E-state index in [2.05, 4.69) is 44.2 Å². The number of allylic oxidation sites excluding steroid dienone is 1. The van der Waals surface area contributed by atoms with Crippen molar-refractivity contribution in [3.63, 3.8) is 0 Å². The fourth-order valence-electron chi connectivity index (χ4n) is 1.65. The van der Waals surface area contributed by atoms with Gasteiger partial charge in [-0.2, -0.15) is 0 Å². The third-order valence-electron chi connectivity index (χ3n) is 2.44. The lowest BCUT2D eigenvalue weighted by atomic mass is 10.1. The van der Waals surface area contributed by atoms with Crippen molar-refractivity contribution in [2.45, 2.75) is 13.8 Å². The van der Waals surface area contributed by atoms with E-state index in [4.69, 9.17) is 5.41 Å². The quantitative estimate of drug-likeness (QED) is 0.746. The molecule has 0 aliphatic rings. The first-order valence-electron chi connectivity index (χ1n) is 5.42. The molecule has 0 amide bonds. The van der Waals surface area contributed by atoms with E-state index >= 15 is 0 Å². The Bertz CT molecular complexity index is 535. The maximum atomic E-state index is 7.45. The van der Waals surface area contributed by atoms with Crippen LogP contribution in [-0.4, -0.2) is 6.21 Å². The van der Waals surface area contributed by atoms with Crippen molar-refractivity contribution in [3.05, 3.63) is 40.8 Å². The molecule has 1 aromatic carbocycles. The largest absolute Gasteiger partial charge is 0.307 e. The lowest BCUT2D eigenvalue weighted by Gasteiger charge is -1.96. The highest BCUT2D eigenvalue weighted by atomic mass is 32.1. The number of hydrogen-bond donors (Lipinski definition) is 1. The second-order valence-corrected chi connectivity index (χ2v) is 5.21. The number of thiophene rings is 1. The maximum Gasteiger partial charge on any atom is 0.0530 e. The monoisotopic (exact) mass is 229 g/mol. The summed E-state index contributed by atoms with van der Waals surface area (Å²) in [4.78, 5) is 1.04. The number of nitrogens with one attached hydrogen (secondary N) is 1. The van der Waals surface area contributed by atoms with Gasteiger partial charge in [0, 0.05) is 21.9 Å². The number of hydrogen-bond acceptors (Lipinski definition) is 2. The van der Waals surface area contributed by atoms with Crippen LogP contribution in [0.5, 0.6) is 0 Å². The molecular weight excluding hydrogens is 214 g/mol. The van der Waals surface area contributed by atoms with Crippen molar-refractivity contribution in [2.75, 3.05) is 0 Å².